The highest BCUT2D eigenvalue weighted by atomic mass is 16.4. The van der Waals surface area contributed by atoms with E-state index in [1.165, 1.54) is 0 Å². The molecule has 1 unspecified atom stereocenters. The first kappa shape index (κ1) is 13.4. The summed E-state index contributed by atoms with van der Waals surface area (Å²) < 4.78 is 0. The molecule has 0 aromatic rings. The normalized spacial score (nSPS) is 15.5. The van der Waals surface area contributed by atoms with E-state index in [1.54, 1.807) is 6.92 Å². The van der Waals surface area contributed by atoms with Crippen molar-refractivity contribution in [2.24, 2.45) is 5.92 Å². The minimum absolute atomic E-state index is 0.615. The van der Waals surface area contributed by atoms with Crippen LogP contribution in [0.5, 0.6) is 0 Å². The van der Waals surface area contributed by atoms with E-state index in [0.717, 1.165) is 19.4 Å². The van der Waals surface area contributed by atoms with Gasteiger partial charge in [0.05, 0.1) is 0 Å². The van der Waals surface area contributed by atoms with Gasteiger partial charge in [-0.25, -0.2) is 0 Å². The summed E-state index contributed by atoms with van der Waals surface area (Å²) in [6, 6.07) is 0. The number of nitrogens with one attached hydrogen (secondary N) is 1. The van der Waals surface area contributed by atoms with E-state index >= 15 is 0 Å². The van der Waals surface area contributed by atoms with Gasteiger partial charge < -0.3 is 10.4 Å². The van der Waals surface area contributed by atoms with Gasteiger partial charge in [-0.3, -0.25) is 4.79 Å². The van der Waals surface area contributed by atoms with Crippen LogP contribution in [0.1, 0.15) is 47.0 Å². The fourth-order valence-corrected chi connectivity index (χ4v) is 1.23. The van der Waals surface area contributed by atoms with Crippen LogP contribution in [0.25, 0.3) is 0 Å². The maximum Gasteiger partial charge on any atom is 0.323 e. The molecule has 1 atom stereocenters. The monoisotopic (exact) mass is 201 g/mol. The van der Waals surface area contributed by atoms with Gasteiger partial charge in [-0.05, 0) is 38.6 Å². The first-order valence-electron chi connectivity index (χ1n) is 5.40. The quantitative estimate of drug-likeness (QED) is 0.621. The summed E-state index contributed by atoms with van der Waals surface area (Å²) in [7, 11) is 0. The standard InChI is InChI=1S/C11H23NO2/c1-5-11(4,10(13)14)12-8-6-7-9(2)3/h9,12H,5-8H2,1-4H3,(H,13,14). The lowest BCUT2D eigenvalue weighted by Gasteiger charge is -2.24. The molecule has 0 radical (unpaired) electrons. The molecule has 0 saturated carbocycles. The van der Waals surface area contributed by atoms with Crippen molar-refractivity contribution in [3.63, 3.8) is 0 Å². The Morgan fingerprint density at radius 2 is 2.07 bits per heavy atom. The van der Waals surface area contributed by atoms with E-state index in [9.17, 15) is 4.79 Å². The third-order valence-electron chi connectivity index (χ3n) is 2.65. The summed E-state index contributed by atoms with van der Waals surface area (Å²) >= 11 is 0. The molecule has 0 aromatic heterocycles. The van der Waals surface area contributed by atoms with E-state index < -0.39 is 11.5 Å². The lowest BCUT2D eigenvalue weighted by atomic mass is 9.98. The van der Waals surface area contributed by atoms with E-state index in [4.69, 9.17) is 5.11 Å². The molecule has 0 bridgehead atoms. The summed E-state index contributed by atoms with van der Waals surface area (Å²) in [5, 5.41) is 12.1. The molecule has 0 rings (SSSR count). The van der Waals surface area contributed by atoms with E-state index in [1.807, 2.05) is 6.92 Å². The molecular weight excluding hydrogens is 178 g/mol. The number of aliphatic carboxylic acids is 1. The van der Waals surface area contributed by atoms with Crippen molar-refractivity contribution in [3.05, 3.63) is 0 Å². The average Bonchev–Trinajstić information content (AvgIpc) is 2.11. The summed E-state index contributed by atoms with van der Waals surface area (Å²) in [4.78, 5) is 10.9. The van der Waals surface area contributed by atoms with Crippen LogP contribution in [0, 0.1) is 5.92 Å². The van der Waals surface area contributed by atoms with Crippen molar-refractivity contribution in [1.82, 2.24) is 5.32 Å². The van der Waals surface area contributed by atoms with Crippen molar-refractivity contribution < 1.29 is 9.90 Å². The summed E-state index contributed by atoms with van der Waals surface area (Å²) in [6.07, 6.45) is 2.80. The van der Waals surface area contributed by atoms with Crippen LogP contribution >= 0.6 is 0 Å². The van der Waals surface area contributed by atoms with Crippen LogP contribution in [0.15, 0.2) is 0 Å². The van der Waals surface area contributed by atoms with Crippen LogP contribution < -0.4 is 5.32 Å². The Morgan fingerprint density at radius 3 is 2.43 bits per heavy atom. The predicted molar refractivity (Wildman–Crippen MR) is 58.4 cm³/mol. The SMILES string of the molecule is CCC(C)(NCCCC(C)C)C(=O)O. The van der Waals surface area contributed by atoms with Crippen LogP contribution in [-0.4, -0.2) is 23.2 Å². The molecule has 0 amide bonds. The van der Waals surface area contributed by atoms with Gasteiger partial charge in [0.15, 0.2) is 0 Å². The smallest absolute Gasteiger partial charge is 0.323 e. The number of carbonyl (C=O) groups is 1. The van der Waals surface area contributed by atoms with Crippen molar-refractivity contribution in [1.29, 1.82) is 0 Å². The zero-order valence-corrected chi connectivity index (χ0v) is 9.76. The lowest BCUT2D eigenvalue weighted by Crippen LogP contribution is -2.49. The highest BCUT2D eigenvalue weighted by Crippen LogP contribution is 2.10. The highest BCUT2D eigenvalue weighted by molar-refractivity contribution is 5.78. The van der Waals surface area contributed by atoms with Crippen LogP contribution in [0.2, 0.25) is 0 Å². The first-order valence-corrected chi connectivity index (χ1v) is 5.40. The Hall–Kier alpha value is -0.570. The van der Waals surface area contributed by atoms with Crippen LogP contribution in [0.3, 0.4) is 0 Å². The second-order valence-electron chi connectivity index (χ2n) is 4.45. The van der Waals surface area contributed by atoms with Gasteiger partial charge in [0.2, 0.25) is 0 Å². The molecule has 3 heteroatoms. The third-order valence-corrected chi connectivity index (χ3v) is 2.65. The Morgan fingerprint density at radius 1 is 1.50 bits per heavy atom. The zero-order valence-electron chi connectivity index (χ0n) is 9.76. The first-order chi connectivity index (χ1) is 6.42. The van der Waals surface area contributed by atoms with Gasteiger partial charge in [-0.2, -0.15) is 0 Å². The number of carboxylic acids is 1. The van der Waals surface area contributed by atoms with Crippen LogP contribution in [-0.2, 0) is 4.79 Å². The molecule has 84 valence electrons. The van der Waals surface area contributed by atoms with Gasteiger partial charge in [0.1, 0.15) is 5.54 Å². The fourth-order valence-electron chi connectivity index (χ4n) is 1.23. The van der Waals surface area contributed by atoms with Gasteiger partial charge in [-0.1, -0.05) is 20.8 Å². The lowest BCUT2D eigenvalue weighted by molar-refractivity contribution is -0.144. The number of hydrogen-bond donors (Lipinski definition) is 2. The maximum absolute atomic E-state index is 10.9. The van der Waals surface area contributed by atoms with Gasteiger partial charge in [0.25, 0.3) is 0 Å². The largest absolute Gasteiger partial charge is 0.480 e. The molecule has 2 N–H and O–H groups in total. The topological polar surface area (TPSA) is 49.3 Å². The molecule has 0 aliphatic carbocycles. The summed E-state index contributed by atoms with van der Waals surface area (Å²) in [5.74, 6) is -0.0703. The second-order valence-corrected chi connectivity index (χ2v) is 4.45. The molecule has 0 saturated heterocycles. The van der Waals surface area contributed by atoms with Crippen LogP contribution in [0.4, 0.5) is 0 Å². The third kappa shape index (κ3) is 4.61. The van der Waals surface area contributed by atoms with Gasteiger partial charge in [-0.15, -0.1) is 0 Å². The molecule has 14 heavy (non-hydrogen) atoms. The average molecular weight is 201 g/mol. The molecule has 0 aromatic carbocycles. The fraction of sp³-hybridized carbons (Fsp3) is 0.909. The Balaban J connectivity index is 3.79. The second kappa shape index (κ2) is 6.02. The number of hydrogen-bond acceptors (Lipinski definition) is 2. The number of rotatable bonds is 7. The molecule has 3 nitrogen and oxygen atoms in total. The maximum atomic E-state index is 10.9. The minimum atomic E-state index is -0.760. The van der Waals surface area contributed by atoms with E-state index in [2.05, 4.69) is 19.2 Å². The molecule has 0 aliphatic heterocycles. The van der Waals surface area contributed by atoms with E-state index in [-0.39, 0.29) is 0 Å². The Labute approximate surface area is 86.9 Å². The van der Waals surface area contributed by atoms with Crippen molar-refractivity contribution >= 4 is 5.97 Å². The Kier molecular flexibility index (Phi) is 5.77. The summed E-state index contributed by atoms with van der Waals surface area (Å²) in [5.41, 5.74) is -0.753. The molecule has 0 fully saturated rings. The zero-order chi connectivity index (χ0) is 11.2. The molecule has 0 spiro atoms. The van der Waals surface area contributed by atoms with Gasteiger partial charge >= 0.3 is 5.97 Å². The molecule has 0 aliphatic rings. The Bertz CT molecular complexity index is 180. The van der Waals surface area contributed by atoms with Gasteiger partial charge in [0, 0.05) is 0 Å². The van der Waals surface area contributed by atoms with Crippen molar-refractivity contribution in [3.8, 4) is 0 Å². The molecular formula is C11H23NO2. The number of carboxylic acid groups (broad SMARTS) is 1. The van der Waals surface area contributed by atoms with E-state index in [0.29, 0.717) is 12.3 Å². The minimum Gasteiger partial charge on any atom is -0.480 e. The van der Waals surface area contributed by atoms with Crippen molar-refractivity contribution in [2.45, 2.75) is 52.5 Å². The van der Waals surface area contributed by atoms with Crippen molar-refractivity contribution in [2.75, 3.05) is 6.54 Å². The summed E-state index contributed by atoms with van der Waals surface area (Å²) in [6.45, 7) is 8.77. The highest BCUT2D eigenvalue weighted by Gasteiger charge is 2.29. The predicted octanol–water partition coefficient (Wildman–Crippen LogP) is 2.27. The molecule has 0 heterocycles.